The number of aryl methyl sites for hydroxylation is 2. The predicted molar refractivity (Wildman–Crippen MR) is 169 cm³/mol. The summed E-state index contributed by atoms with van der Waals surface area (Å²) < 4.78 is 11.4. The minimum Gasteiger partial charge on any atom is -0.455 e. The van der Waals surface area contributed by atoms with Crippen molar-refractivity contribution in [2.45, 2.75) is 20.4 Å². The highest BCUT2D eigenvalue weighted by atomic mass is 32.1. The molecule has 12 heteroatoms. The number of nitrogens with zero attached hydrogens (tertiary/aromatic N) is 5. The molecule has 0 unspecified atom stereocenters. The number of benzene rings is 2. The molecule has 2 aliphatic rings. The van der Waals surface area contributed by atoms with Crippen LogP contribution in [0.4, 0.5) is 27.7 Å². The summed E-state index contributed by atoms with van der Waals surface area (Å²) in [7, 11) is 0. The van der Waals surface area contributed by atoms with Crippen molar-refractivity contribution in [3.63, 3.8) is 0 Å². The van der Waals surface area contributed by atoms with Crippen LogP contribution in [0, 0.1) is 13.8 Å². The normalized spacial score (nSPS) is 14.9. The molecule has 222 valence electrons. The lowest BCUT2D eigenvalue weighted by molar-refractivity contribution is 0.0342. The van der Waals surface area contributed by atoms with Gasteiger partial charge in [-0.3, -0.25) is 14.7 Å². The zero-order valence-electron chi connectivity index (χ0n) is 24.2. The van der Waals surface area contributed by atoms with Crippen LogP contribution in [0.5, 0.6) is 11.5 Å². The number of thiophene rings is 1. The van der Waals surface area contributed by atoms with Gasteiger partial charge in [0.05, 0.1) is 36.2 Å². The summed E-state index contributed by atoms with van der Waals surface area (Å²) in [6.45, 7) is 7.98. The van der Waals surface area contributed by atoms with Gasteiger partial charge >= 0.3 is 6.03 Å². The maximum Gasteiger partial charge on any atom is 0.332 e. The fourth-order valence-corrected chi connectivity index (χ4v) is 6.28. The van der Waals surface area contributed by atoms with E-state index in [-0.39, 0.29) is 5.91 Å². The largest absolute Gasteiger partial charge is 0.455 e. The van der Waals surface area contributed by atoms with Gasteiger partial charge in [-0.05, 0) is 67.4 Å². The average molecular weight is 608 g/mol. The Morgan fingerprint density at radius 1 is 1.05 bits per heavy atom. The van der Waals surface area contributed by atoms with Gasteiger partial charge in [0.25, 0.3) is 5.91 Å². The van der Waals surface area contributed by atoms with Crippen LogP contribution in [0.2, 0.25) is 0 Å². The first kappa shape index (κ1) is 27.9. The molecule has 1 fully saturated rings. The maximum absolute atomic E-state index is 13.5. The predicted octanol–water partition coefficient (Wildman–Crippen LogP) is 6.26. The number of anilines is 4. The van der Waals surface area contributed by atoms with E-state index in [4.69, 9.17) is 9.47 Å². The SMILES string of the molecule is Cc1ccc(Oc2ccc(N3C(=O)Nc4c(C(=O)Nc5ccc(CN6CCOCC6)cc5)sc5ncnc3c45)cc2C)cn1. The van der Waals surface area contributed by atoms with Gasteiger partial charge in [0.15, 0.2) is 5.82 Å². The molecule has 3 amide bonds. The van der Waals surface area contributed by atoms with E-state index in [0.29, 0.717) is 49.5 Å². The second-order valence-corrected chi connectivity index (χ2v) is 11.7. The van der Waals surface area contributed by atoms with E-state index in [0.717, 1.165) is 49.7 Å². The second kappa shape index (κ2) is 11.6. The number of carbonyl (C=O) groups excluding carboxylic acids is 2. The summed E-state index contributed by atoms with van der Waals surface area (Å²) in [6, 6.07) is 16.6. The van der Waals surface area contributed by atoms with Crippen LogP contribution in [-0.2, 0) is 11.3 Å². The quantitative estimate of drug-likeness (QED) is 0.222. The molecule has 0 spiro atoms. The van der Waals surface area contributed by atoms with Gasteiger partial charge in [-0.25, -0.2) is 19.7 Å². The molecule has 0 saturated carbocycles. The third kappa shape index (κ3) is 5.46. The molecule has 1 saturated heterocycles. The van der Waals surface area contributed by atoms with Gasteiger partial charge in [0.2, 0.25) is 0 Å². The summed E-state index contributed by atoms with van der Waals surface area (Å²) in [5.41, 5.74) is 4.57. The van der Waals surface area contributed by atoms with Gasteiger partial charge in [-0.15, -0.1) is 11.3 Å². The number of amides is 3. The van der Waals surface area contributed by atoms with Crippen molar-refractivity contribution in [2.24, 2.45) is 0 Å². The topological polar surface area (TPSA) is 122 Å². The molecule has 11 nitrogen and oxygen atoms in total. The molecule has 3 aromatic heterocycles. The third-order valence-corrected chi connectivity index (χ3v) is 8.67. The zero-order chi connectivity index (χ0) is 30.2. The van der Waals surface area contributed by atoms with Crippen molar-refractivity contribution < 1.29 is 19.1 Å². The van der Waals surface area contributed by atoms with E-state index in [1.807, 2.05) is 62.4 Å². The first-order valence-corrected chi connectivity index (χ1v) is 15.0. The van der Waals surface area contributed by atoms with Crippen molar-refractivity contribution in [1.29, 1.82) is 0 Å². The third-order valence-electron chi connectivity index (χ3n) is 7.57. The van der Waals surface area contributed by atoms with Crippen molar-refractivity contribution >= 4 is 56.4 Å². The van der Waals surface area contributed by atoms with E-state index in [9.17, 15) is 9.59 Å². The molecule has 0 bridgehead atoms. The Labute approximate surface area is 257 Å². The average Bonchev–Trinajstić information content (AvgIpc) is 3.40. The van der Waals surface area contributed by atoms with Crippen LogP contribution in [0.1, 0.15) is 26.5 Å². The Morgan fingerprint density at radius 2 is 1.86 bits per heavy atom. The fourth-order valence-electron chi connectivity index (χ4n) is 5.29. The number of morpholine rings is 1. The molecular formula is C32H29N7O4S. The number of hydrogen-bond donors (Lipinski definition) is 2. The smallest absolute Gasteiger partial charge is 0.332 e. The number of aromatic nitrogens is 3. The van der Waals surface area contributed by atoms with Crippen LogP contribution in [0.25, 0.3) is 10.2 Å². The lowest BCUT2D eigenvalue weighted by atomic mass is 10.1. The monoisotopic (exact) mass is 607 g/mol. The molecule has 2 aliphatic heterocycles. The Hall–Kier alpha value is -4.91. The lowest BCUT2D eigenvalue weighted by Crippen LogP contribution is -2.35. The Bertz CT molecular complexity index is 1870. The van der Waals surface area contributed by atoms with Gasteiger partial charge in [0.1, 0.15) is 27.5 Å². The van der Waals surface area contributed by atoms with Gasteiger partial charge in [-0.1, -0.05) is 12.1 Å². The number of hydrogen-bond acceptors (Lipinski definition) is 9. The molecular weight excluding hydrogens is 578 g/mol. The summed E-state index contributed by atoms with van der Waals surface area (Å²) in [5.74, 6) is 1.35. The molecule has 5 heterocycles. The van der Waals surface area contributed by atoms with Crippen LogP contribution >= 0.6 is 11.3 Å². The van der Waals surface area contributed by atoms with Crippen LogP contribution in [-0.4, -0.2) is 58.1 Å². The molecule has 44 heavy (non-hydrogen) atoms. The van der Waals surface area contributed by atoms with Crippen LogP contribution in [0.15, 0.2) is 67.1 Å². The summed E-state index contributed by atoms with van der Waals surface area (Å²) in [5, 5.41) is 6.51. The molecule has 2 N–H and O–H groups in total. The molecule has 5 aromatic rings. The minimum atomic E-state index is -0.423. The first-order valence-electron chi connectivity index (χ1n) is 14.2. The number of rotatable bonds is 7. The van der Waals surface area contributed by atoms with E-state index in [1.165, 1.54) is 22.6 Å². The van der Waals surface area contributed by atoms with Gasteiger partial charge < -0.3 is 20.1 Å². The van der Waals surface area contributed by atoms with E-state index in [2.05, 4.69) is 30.5 Å². The Balaban J connectivity index is 1.12. The highest BCUT2D eigenvalue weighted by Crippen LogP contribution is 2.45. The van der Waals surface area contributed by atoms with Crippen molar-refractivity contribution in [3.05, 3.63) is 88.8 Å². The summed E-state index contributed by atoms with van der Waals surface area (Å²) >= 11 is 1.21. The summed E-state index contributed by atoms with van der Waals surface area (Å²) in [4.78, 5) is 44.9. The number of carbonyl (C=O) groups is 2. The molecule has 0 aliphatic carbocycles. The first-order chi connectivity index (χ1) is 21.4. The van der Waals surface area contributed by atoms with E-state index in [1.54, 1.807) is 12.3 Å². The van der Waals surface area contributed by atoms with Gasteiger partial charge in [-0.2, -0.15) is 0 Å². The molecule has 0 atom stereocenters. The van der Waals surface area contributed by atoms with Crippen LogP contribution in [0.3, 0.4) is 0 Å². The number of nitrogens with one attached hydrogen (secondary N) is 2. The van der Waals surface area contributed by atoms with Crippen molar-refractivity contribution in [3.8, 4) is 11.5 Å². The second-order valence-electron chi connectivity index (χ2n) is 10.7. The Morgan fingerprint density at radius 3 is 2.61 bits per heavy atom. The summed E-state index contributed by atoms with van der Waals surface area (Å²) in [6.07, 6.45) is 3.08. The van der Waals surface area contributed by atoms with Crippen LogP contribution < -0.4 is 20.3 Å². The molecule has 2 aromatic carbocycles. The molecule has 0 radical (unpaired) electrons. The number of ether oxygens (including phenoxy) is 2. The van der Waals surface area contributed by atoms with Gasteiger partial charge in [0, 0.05) is 31.0 Å². The van der Waals surface area contributed by atoms with E-state index < -0.39 is 6.03 Å². The standard InChI is InChI=1S/C32H29N7O4S/c1-19-15-23(8-10-25(19)43-24-9-3-20(2)33-16-24)39-29-26-27(37-32(39)41)28(44-31(26)35-18-34-29)30(40)36-22-6-4-21(5-7-22)17-38-11-13-42-14-12-38/h3-10,15-16,18H,11-14,17H2,1-2H3,(H,36,40)(H,37,41). The maximum atomic E-state index is 13.5. The zero-order valence-corrected chi connectivity index (χ0v) is 25.0. The fraction of sp³-hybridized carbons (Fsp3) is 0.219. The van der Waals surface area contributed by atoms with E-state index >= 15 is 0 Å². The highest BCUT2D eigenvalue weighted by Gasteiger charge is 2.34. The Kier molecular flexibility index (Phi) is 7.38. The highest BCUT2D eigenvalue weighted by molar-refractivity contribution is 7.21. The molecule has 7 rings (SSSR count). The number of pyridine rings is 1. The minimum absolute atomic E-state index is 0.327. The number of urea groups is 1. The van der Waals surface area contributed by atoms with Crippen molar-refractivity contribution in [2.75, 3.05) is 41.8 Å². The lowest BCUT2D eigenvalue weighted by Gasteiger charge is -2.27. The van der Waals surface area contributed by atoms with Crippen molar-refractivity contribution in [1.82, 2.24) is 19.9 Å².